The molecule has 25 heavy (non-hydrogen) atoms. The lowest BCUT2D eigenvalue weighted by atomic mass is 9.46. The molecule has 6 atom stereocenters. The van der Waals surface area contributed by atoms with Crippen LogP contribution in [0.1, 0.15) is 65.7 Å². The SMILES string of the molecule is CCC1(C(=O)S)CCC2C3CCC4=CC(=O)C=CC4(C)C3CCC21C. The first kappa shape index (κ1) is 17.6. The third kappa shape index (κ3) is 2.11. The number of carbonyl (C=O) groups excluding carboxylic acids is 2. The van der Waals surface area contributed by atoms with Crippen molar-refractivity contribution < 1.29 is 9.59 Å². The van der Waals surface area contributed by atoms with Gasteiger partial charge in [0.2, 0.25) is 0 Å². The molecule has 0 aliphatic heterocycles. The summed E-state index contributed by atoms with van der Waals surface area (Å²) in [6, 6.07) is 0. The molecule has 136 valence electrons. The van der Waals surface area contributed by atoms with Gasteiger partial charge in [-0.15, -0.1) is 12.6 Å². The molecule has 3 fully saturated rings. The van der Waals surface area contributed by atoms with Crippen LogP contribution in [-0.2, 0) is 9.59 Å². The van der Waals surface area contributed by atoms with E-state index >= 15 is 0 Å². The van der Waals surface area contributed by atoms with E-state index in [0.29, 0.717) is 17.8 Å². The van der Waals surface area contributed by atoms with Crippen LogP contribution in [0.5, 0.6) is 0 Å². The monoisotopic (exact) mass is 358 g/mol. The summed E-state index contributed by atoms with van der Waals surface area (Å²) >= 11 is 4.35. The molecular weight excluding hydrogens is 328 g/mol. The van der Waals surface area contributed by atoms with Crippen LogP contribution in [0.15, 0.2) is 23.8 Å². The Balaban J connectivity index is 1.72. The van der Waals surface area contributed by atoms with Gasteiger partial charge in [-0.2, -0.15) is 0 Å². The minimum atomic E-state index is -0.235. The summed E-state index contributed by atoms with van der Waals surface area (Å²) in [5.74, 6) is 2.04. The maximum Gasteiger partial charge on any atom is 0.192 e. The van der Waals surface area contributed by atoms with Crippen LogP contribution in [0.3, 0.4) is 0 Å². The number of fused-ring (bicyclic) bond motifs is 5. The summed E-state index contributed by atoms with van der Waals surface area (Å²) in [6.45, 7) is 6.89. The summed E-state index contributed by atoms with van der Waals surface area (Å²) < 4.78 is 0. The van der Waals surface area contributed by atoms with E-state index < -0.39 is 0 Å². The number of rotatable bonds is 2. The summed E-state index contributed by atoms with van der Waals surface area (Å²) in [5.41, 5.74) is 1.24. The second-order valence-electron chi connectivity index (χ2n) is 9.34. The fourth-order valence-corrected chi connectivity index (χ4v) is 7.94. The lowest BCUT2D eigenvalue weighted by Gasteiger charge is -2.58. The maximum absolute atomic E-state index is 12.6. The van der Waals surface area contributed by atoms with Gasteiger partial charge in [-0.3, -0.25) is 9.59 Å². The van der Waals surface area contributed by atoms with Gasteiger partial charge in [-0.05, 0) is 80.3 Å². The average Bonchev–Trinajstić information content (AvgIpc) is 2.89. The highest BCUT2D eigenvalue weighted by Gasteiger charge is 2.65. The summed E-state index contributed by atoms with van der Waals surface area (Å²) in [6.07, 6.45) is 13.4. The fourth-order valence-electron chi connectivity index (χ4n) is 7.41. The zero-order valence-electron chi connectivity index (χ0n) is 15.7. The zero-order valence-corrected chi connectivity index (χ0v) is 16.6. The molecule has 0 amide bonds. The summed E-state index contributed by atoms with van der Waals surface area (Å²) in [5, 5.41) is 0.115. The van der Waals surface area contributed by atoms with Crippen LogP contribution < -0.4 is 0 Å². The highest BCUT2D eigenvalue weighted by Crippen LogP contribution is 2.70. The molecule has 2 nitrogen and oxygen atoms in total. The van der Waals surface area contributed by atoms with Gasteiger partial charge in [-0.25, -0.2) is 0 Å². The second-order valence-corrected chi connectivity index (χ2v) is 9.75. The number of thiol groups is 1. The van der Waals surface area contributed by atoms with Crippen molar-refractivity contribution in [2.75, 3.05) is 0 Å². The van der Waals surface area contributed by atoms with E-state index in [4.69, 9.17) is 0 Å². The summed E-state index contributed by atoms with van der Waals surface area (Å²) in [4.78, 5) is 24.4. The molecule has 0 spiro atoms. The van der Waals surface area contributed by atoms with Crippen molar-refractivity contribution in [1.82, 2.24) is 0 Å². The molecule has 3 saturated carbocycles. The molecule has 0 saturated heterocycles. The molecule has 0 N–H and O–H groups in total. The van der Waals surface area contributed by atoms with Crippen molar-refractivity contribution in [3.8, 4) is 0 Å². The first-order valence-corrected chi connectivity index (χ1v) is 10.4. The Kier molecular flexibility index (Phi) is 3.92. The van der Waals surface area contributed by atoms with Crippen LogP contribution >= 0.6 is 12.6 Å². The van der Waals surface area contributed by atoms with Gasteiger partial charge in [0.1, 0.15) is 0 Å². The molecule has 4 aliphatic rings. The fraction of sp³-hybridized carbons (Fsp3) is 0.727. The number of hydrogen-bond donors (Lipinski definition) is 1. The zero-order chi connectivity index (χ0) is 18.0. The normalized spacial score (nSPS) is 48.4. The highest BCUT2D eigenvalue weighted by molar-refractivity contribution is 7.96. The Hall–Kier alpha value is -0.830. The molecular formula is C22H30O2S. The maximum atomic E-state index is 12.6. The molecule has 0 bridgehead atoms. The molecule has 6 unspecified atom stereocenters. The van der Waals surface area contributed by atoms with Gasteiger partial charge in [0.05, 0.1) is 0 Å². The largest absolute Gasteiger partial charge is 0.290 e. The minimum absolute atomic E-state index is 0.0423. The van der Waals surface area contributed by atoms with Crippen molar-refractivity contribution in [1.29, 1.82) is 0 Å². The van der Waals surface area contributed by atoms with Gasteiger partial charge in [0, 0.05) is 10.8 Å². The van der Waals surface area contributed by atoms with Crippen molar-refractivity contribution in [3.63, 3.8) is 0 Å². The van der Waals surface area contributed by atoms with E-state index in [1.807, 2.05) is 6.08 Å². The van der Waals surface area contributed by atoms with Crippen molar-refractivity contribution in [2.45, 2.75) is 65.7 Å². The minimum Gasteiger partial charge on any atom is -0.290 e. The van der Waals surface area contributed by atoms with Gasteiger partial charge in [0.25, 0.3) is 0 Å². The van der Waals surface area contributed by atoms with E-state index in [0.717, 1.165) is 38.5 Å². The Morgan fingerprint density at radius 2 is 1.92 bits per heavy atom. The lowest BCUT2D eigenvalue weighted by Crippen LogP contribution is -2.53. The van der Waals surface area contributed by atoms with Gasteiger partial charge in [-0.1, -0.05) is 32.4 Å². The molecule has 4 aliphatic carbocycles. The van der Waals surface area contributed by atoms with Crippen LogP contribution in [0.4, 0.5) is 0 Å². The topological polar surface area (TPSA) is 34.1 Å². The van der Waals surface area contributed by atoms with E-state index in [1.165, 1.54) is 12.0 Å². The van der Waals surface area contributed by atoms with E-state index in [2.05, 4.69) is 39.5 Å². The van der Waals surface area contributed by atoms with Gasteiger partial charge < -0.3 is 0 Å². The Morgan fingerprint density at radius 3 is 2.60 bits per heavy atom. The highest BCUT2D eigenvalue weighted by atomic mass is 32.1. The average molecular weight is 359 g/mol. The van der Waals surface area contributed by atoms with Crippen LogP contribution in [0.25, 0.3) is 0 Å². The van der Waals surface area contributed by atoms with Crippen molar-refractivity contribution >= 4 is 23.5 Å². The standard InChI is InChI=1S/C22H30O2S/c1-4-22(19(24)25)12-9-18-16-6-5-14-13-15(23)7-10-20(14,2)17(16)8-11-21(18,22)3/h7,10,13,16-18H,4-6,8-9,11-12H2,1-3H3,(H,24,25). The number of carbonyl (C=O) groups is 2. The Morgan fingerprint density at radius 1 is 1.20 bits per heavy atom. The molecule has 0 aromatic heterocycles. The third-order valence-corrected chi connectivity index (χ3v) is 9.36. The molecule has 0 heterocycles. The van der Waals surface area contributed by atoms with E-state index in [9.17, 15) is 9.59 Å². The quantitative estimate of drug-likeness (QED) is 0.693. The molecule has 0 aromatic carbocycles. The van der Waals surface area contributed by atoms with Gasteiger partial charge >= 0.3 is 0 Å². The van der Waals surface area contributed by atoms with Crippen LogP contribution in [0, 0.1) is 34.0 Å². The van der Waals surface area contributed by atoms with Crippen LogP contribution in [0.2, 0.25) is 0 Å². The molecule has 0 aromatic rings. The molecule has 0 radical (unpaired) electrons. The molecule has 4 rings (SSSR count). The van der Waals surface area contributed by atoms with Crippen LogP contribution in [-0.4, -0.2) is 10.9 Å². The van der Waals surface area contributed by atoms with E-state index in [1.54, 1.807) is 6.08 Å². The first-order chi connectivity index (χ1) is 11.8. The third-order valence-electron chi connectivity index (χ3n) is 8.93. The number of allylic oxidation sites excluding steroid dienone is 4. The van der Waals surface area contributed by atoms with Crippen molar-refractivity contribution in [2.24, 2.45) is 34.0 Å². The lowest BCUT2D eigenvalue weighted by molar-refractivity contribution is -0.133. The second kappa shape index (κ2) is 5.58. The van der Waals surface area contributed by atoms with E-state index in [-0.39, 0.29) is 27.1 Å². The van der Waals surface area contributed by atoms with Crippen molar-refractivity contribution in [3.05, 3.63) is 23.8 Å². The Bertz CT molecular complexity index is 692. The predicted octanol–water partition coefficient (Wildman–Crippen LogP) is 5.15. The first-order valence-electron chi connectivity index (χ1n) is 9.96. The molecule has 3 heteroatoms. The van der Waals surface area contributed by atoms with Gasteiger partial charge in [0.15, 0.2) is 10.9 Å². The number of hydrogen-bond acceptors (Lipinski definition) is 2. The number of ketones is 1. The predicted molar refractivity (Wildman–Crippen MR) is 103 cm³/mol. The smallest absolute Gasteiger partial charge is 0.192 e. The Labute approximate surface area is 156 Å². The summed E-state index contributed by atoms with van der Waals surface area (Å²) in [7, 11) is 0.